The molecule has 2 unspecified atom stereocenters. The lowest BCUT2D eigenvalue weighted by Crippen LogP contribution is -2.51. The van der Waals surface area contributed by atoms with E-state index in [0.717, 1.165) is 31.2 Å². The molecule has 2 rings (SSSR count). The van der Waals surface area contributed by atoms with Crippen molar-refractivity contribution in [1.29, 1.82) is 0 Å². The van der Waals surface area contributed by atoms with Crippen LogP contribution in [0.3, 0.4) is 0 Å². The molecule has 0 aliphatic heterocycles. The van der Waals surface area contributed by atoms with Gasteiger partial charge in [-0.2, -0.15) is 4.99 Å². The molecule has 0 spiro atoms. The number of benzene rings is 1. The normalized spacial score (nSPS) is 17.2. The Morgan fingerprint density at radius 3 is 2.53 bits per heavy atom. The number of hydrogen-bond acceptors (Lipinski definition) is 2. The third-order valence-electron chi connectivity index (χ3n) is 5.97. The fourth-order valence-electron chi connectivity index (χ4n) is 3.83. The number of guanidine groups is 1. The molecular weight excluding hydrogens is 376 g/mol. The highest BCUT2D eigenvalue weighted by Gasteiger charge is 2.25. The number of carbonyl (C=O) groups is 2. The molecular formula is C24H38N4O2. The maximum absolute atomic E-state index is 12.8. The average molecular weight is 415 g/mol. The number of nitrogens with zero attached hydrogens (tertiary/aromatic N) is 1. The van der Waals surface area contributed by atoms with E-state index in [1.165, 1.54) is 19.3 Å². The van der Waals surface area contributed by atoms with Crippen LogP contribution in [-0.2, 0) is 16.0 Å². The monoisotopic (exact) mass is 414 g/mol. The number of amides is 2. The van der Waals surface area contributed by atoms with Gasteiger partial charge in [-0.15, -0.1) is 0 Å². The summed E-state index contributed by atoms with van der Waals surface area (Å²) in [7, 11) is 0. The van der Waals surface area contributed by atoms with E-state index in [2.05, 4.69) is 29.5 Å². The van der Waals surface area contributed by atoms with Gasteiger partial charge in [-0.1, -0.05) is 82.7 Å². The van der Waals surface area contributed by atoms with Crippen molar-refractivity contribution in [2.75, 3.05) is 6.54 Å². The van der Waals surface area contributed by atoms with E-state index in [1.54, 1.807) is 0 Å². The number of nitrogens with two attached hydrogens (primary N) is 1. The van der Waals surface area contributed by atoms with E-state index in [1.807, 2.05) is 30.3 Å². The van der Waals surface area contributed by atoms with Gasteiger partial charge >= 0.3 is 0 Å². The summed E-state index contributed by atoms with van der Waals surface area (Å²) in [6, 6.07) is 9.37. The Balaban J connectivity index is 1.93. The van der Waals surface area contributed by atoms with Crippen molar-refractivity contribution in [3.63, 3.8) is 0 Å². The first-order valence-corrected chi connectivity index (χ1v) is 11.4. The average Bonchev–Trinajstić information content (AvgIpc) is 2.76. The van der Waals surface area contributed by atoms with Gasteiger partial charge in [-0.3, -0.25) is 9.59 Å². The van der Waals surface area contributed by atoms with Crippen LogP contribution in [0.1, 0.15) is 70.8 Å². The van der Waals surface area contributed by atoms with E-state index < -0.39 is 6.04 Å². The molecule has 1 fully saturated rings. The van der Waals surface area contributed by atoms with Crippen molar-refractivity contribution in [1.82, 2.24) is 10.6 Å². The number of nitrogens with one attached hydrogen (secondary N) is 2. The highest BCUT2D eigenvalue weighted by molar-refractivity contribution is 5.95. The van der Waals surface area contributed by atoms with Crippen LogP contribution in [0.2, 0.25) is 0 Å². The topological polar surface area (TPSA) is 96.6 Å². The number of carbonyl (C=O) groups excluding carboxylic acids is 2. The Morgan fingerprint density at radius 1 is 1.17 bits per heavy atom. The summed E-state index contributed by atoms with van der Waals surface area (Å²) in [5, 5.41) is 6.06. The summed E-state index contributed by atoms with van der Waals surface area (Å²) >= 11 is 0. The molecule has 1 aliphatic rings. The minimum absolute atomic E-state index is 0.0348. The number of hydrogen-bond donors (Lipinski definition) is 3. The zero-order chi connectivity index (χ0) is 21.8. The Kier molecular flexibility index (Phi) is 10.4. The fraction of sp³-hybridized carbons (Fsp3) is 0.625. The molecule has 1 aromatic rings. The van der Waals surface area contributed by atoms with E-state index in [0.29, 0.717) is 31.2 Å². The zero-order valence-corrected chi connectivity index (χ0v) is 18.5. The molecule has 1 aliphatic carbocycles. The van der Waals surface area contributed by atoms with Gasteiger partial charge < -0.3 is 16.4 Å². The molecule has 166 valence electrons. The lowest BCUT2D eigenvalue weighted by molar-refractivity contribution is -0.123. The van der Waals surface area contributed by atoms with Crippen LogP contribution in [0.25, 0.3) is 0 Å². The molecule has 0 bridgehead atoms. The lowest BCUT2D eigenvalue weighted by atomic mass is 9.84. The minimum atomic E-state index is -0.456. The Labute approximate surface area is 181 Å². The van der Waals surface area contributed by atoms with Crippen LogP contribution in [-0.4, -0.2) is 30.4 Å². The van der Waals surface area contributed by atoms with Crippen molar-refractivity contribution in [2.24, 2.45) is 22.6 Å². The largest absolute Gasteiger partial charge is 0.370 e. The van der Waals surface area contributed by atoms with Gasteiger partial charge in [0.25, 0.3) is 0 Å². The van der Waals surface area contributed by atoms with Gasteiger partial charge in [0.2, 0.25) is 11.8 Å². The molecule has 1 aromatic carbocycles. The predicted octanol–water partition coefficient (Wildman–Crippen LogP) is 3.55. The number of rotatable bonds is 10. The van der Waals surface area contributed by atoms with Gasteiger partial charge in [-0.25, -0.2) is 0 Å². The molecule has 4 N–H and O–H groups in total. The Morgan fingerprint density at radius 2 is 1.87 bits per heavy atom. The first kappa shape index (κ1) is 23.9. The molecule has 0 saturated heterocycles. The van der Waals surface area contributed by atoms with E-state index >= 15 is 0 Å². The lowest BCUT2D eigenvalue weighted by Gasteiger charge is -2.27. The second-order valence-corrected chi connectivity index (χ2v) is 8.57. The fourth-order valence-corrected chi connectivity index (χ4v) is 3.83. The molecule has 2 amide bonds. The first-order valence-electron chi connectivity index (χ1n) is 11.4. The molecule has 1 saturated carbocycles. The van der Waals surface area contributed by atoms with Crippen molar-refractivity contribution in [2.45, 2.75) is 77.7 Å². The summed E-state index contributed by atoms with van der Waals surface area (Å²) < 4.78 is 0. The third kappa shape index (κ3) is 8.97. The van der Waals surface area contributed by atoms with Crippen molar-refractivity contribution < 1.29 is 9.59 Å². The Bertz CT molecular complexity index is 684. The molecule has 30 heavy (non-hydrogen) atoms. The van der Waals surface area contributed by atoms with Crippen LogP contribution in [0.5, 0.6) is 0 Å². The standard InChI is InChI=1S/C24H38N4O2/c1-3-18(2)17-26-23(30)21(16-20-12-8-5-9-13-20)27-24(25)28-22(29)15-14-19-10-6-4-7-11-19/h4,6-7,10-11,18,20-21H,3,5,8-9,12-17H2,1-2H3,(H,26,30)(H3,25,27,28,29). The maximum Gasteiger partial charge on any atom is 0.249 e. The third-order valence-corrected chi connectivity index (χ3v) is 5.97. The maximum atomic E-state index is 12.8. The van der Waals surface area contributed by atoms with Gasteiger partial charge in [0.15, 0.2) is 5.96 Å². The predicted molar refractivity (Wildman–Crippen MR) is 122 cm³/mol. The molecule has 0 aromatic heterocycles. The number of aliphatic imine (C=N–C) groups is 1. The molecule has 6 nitrogen and oxygen atoms in total. The smallest absolute Gasteiger partial charge is 0.249 e. The van der Waals surface area contributed by atoms with Crippen molar-refractivity contribution >= 4 is 17.8 Å². The molecule has 2 atom stereocenters. The summed E-state index contributed by atoms with van der Waals surface area (Å²) in [5.41, 5.74) is 7.10. The van der Waals surface area contributed by atoms with E-state index in [-0.39, 0.29) is 17.8 Å². The van der Waals surface area contributed by atoms with Crippen LogP contribution < -0.4 is 16.4 Å². The second kappa shape index (κ2) is 13.0. The second-order valence-electron chi connectivity index (χ2n) is 8.57. The van der Waals surface area contributed by atoms with Gasteiger partial charge in [-0.05, 0) is 30.2 Å². The van der Waals surface area contributed by atoms with Crippen molar-refractivity contribution in [3.8, 4) is 0 Å². The van der Waals surface area contributed by atoms with Crippen molar-refractivity contribution in [3.05, 3.63) is 35.9 Å². The number of aryl methyl sites for hydroxylation is 1. The SMILES string of the molecule is CCC(C)CNC(=O)C(CC1CCCCC1)NC(N)=NC(=O)CCc1ccccc1. The molecule has 6 heteroatoms. The van der Waals surface area contributed by atoms with E-state index in [9.17, 15) is 9.59 Å². The summed E-state index contributed by atoms with van der Waals surface area (Å²) in [6.07, 6.45) is 8.64. The highest BCUT2D eigenvalue weighted by Crippen LogP contribution is 2.27. The highest BCUT2D eigenvalue weighted by atomic mass is 16.2. The summed E-state index contributed by atoms with van der Waals surface area (Å²) in [4.78, 5) is 29.0. The van der Waals surface area contributed by atoms with Gasteiger partial charge in [0.1, 0.15) is 6.04 Å². The van der Waals surface area contributed by atoms with Gasteiger partial charge in [0.05, 0.1) is 0 Å². The Hall–Kier alpha value is -2.37. The molecule has 0 radical (unpaired) electrons. The molecule has 0 heterocycles. The van der Waals surface area contributed by atoms with Crippen LogP contribution in [0.4, 0.5) is 0 Å². The van der Waals surface area contributed by atoms with Gasteiger partial charge in [0, 0.05) is 13.0 Å². The van der Waals surface area contributed by atoms with E-state index in [4.69, 9.17) is 5.73 Å². The first-order chi connectivity index (χ1) is 14.5. The minimum Gasteiger partial charge on any atom is -0.370 e. The zero-order valence-electron chi connectivity index (χ0n) is 18.5. The summed E-state index contributed by atoms with van der Waals surface area (Å²) in [6.45, 7) is 4.87. The van der Waals surface area contributed by atoms with Crippen LogP contribution in [0.15, 0.2) is 35.3 Å². The quantitative estimate of drug-likeness (QED) is 0.403. The van der Waals surface area contributed by atoms with Crippen LogP contribution >= 0.6 is 0 Å². The van der Waals surface area contributed by atoms with Crippen LogP contribution in [0, 0.1) is 11.8 Å². The summed E-state index contributed by atoms with van der Waals surface area (Å²) in [5.74, 6) is 0.630.